The van der Waals surface area contributed by atoms with Crippen LogP contribution >= 0.6 is 22.9 Å². The second-order valence-corrected chi connectivity index (χ2v) is 9.96. The van der Waals surface area contributed by atoms with Crippen LogP contribution in [0.1, 0.15) is 6.92 Å². The summed E-state index contributed by atoms with van der Waals surface area (Å²) in [5.41, 5.74) is 2.22. The Morgan fingerprint density at radius 1 is 1.17 bits per heavy atom. The van der Waals surface area contributed by atoms with Crippen molar-refractivity contribution in [1.82, 2.24) is 8.87 Å². The van der Waals surface area contributed by atoms with Gasteiger partial charge in [0.1, 0.15) is 10.6 Å². The topological polar surface area (TPSA) is 81.0 Å². The first-order valence-corrected chi connectivity index (χ1v) is 11.5. The van der Waals surface area contributed by atoms with E-state index in [1.54, 1.807) is 42.5 Å². The lowest BCUT2D eigenvalue weighted by atomic mass is 10.2. The number of aromatic nitrogens is 1. The Labute approximate surface area is 183 Å². The quantitative estimate of drug-likeness (QED) is 0.423. The van der Waals surface area contributed by atoms with Crippen LogP contribution in [0.25, 0.3) is 11.3 Å². The molecule has 1 heterocycles. The highest BCUT2D eigenvalue weighted by molar-refractivity contribution is 7.89. The second kappa shape index (κ2) is 8.73. The highest BCUT2D eigenvalue weighted by atomic mass is 35.5. The monoisotopic (exact) mass is 465 g/mol. The van der Waals surface area contributed by atoms with Crippen molar-refractivity contribution in [2.75, 3.05) is 14.1 Å². The summed E-state index contributed by atoms with van der Waals surface area (Å²) >= 11 is 7.57. The van der Waals surface area contributed by atoms with Gasteiger partial charge in [0.15, 0.2) is 4.80 Å². The van der Waals surface area contributed by atoms with Gasteiger partial charge in [-0.05, 0) is 36.4 Å². The fourth-order valence-corrected chi connectivity index (χ4v) is 4.97. The molecule has 0 fully saturated rings. The minimum atomic E-state index is -3.67. The SMILES string of the molecule is CC(=O)Oc1ccc(N=c2scc(-c3ccc(Cl)c(S(=O)(=O)N(C)C)c3)n2C)cc1. The van der Waals surface area contributed by atoms with Crippen LogP contribution in [0.2, 0.25) is 5.02 Å². The zero-order valence-corrected chi connectivity index (χ0v) is 19.2. The van der Waals surface area contributed by atoms with E-state index >= 15 is 0 Å². The van der Waals surface area contributed by atoms with Gasteiger partial charge in [-0.1, -0.05) is 17.7 Å². The summed E-state index contributed by atoms with van der Waals surface area (Å²) in [5, 5.41) is 2.07. The van der Waals surface area contributed by atoms with Crippen molar-refractivity contribution < 1.29 is 17.9 Å². The molecule has 0 saturated heterocycles. The highest BCUT2D eigenvalue weighted by Gasteiger charge is 2.22. The molecule has 0 spiro atoms. The first-order chi connectivity index (χ1) is 14.1. The van der Waals surface area contributed by atoms with E-state index < -0.39 is 10.0 Å². The molecule has 3 rings (SSSR count). The van der Waals surface area contributed by atoms with Gasteiger partial charge in [0.2, 0.25) is 10.0 Å². The van der Waals surface area contributed by atoms with Gasteiger partial charge in [0.25, 0.3) is 0 Å². The third kappa shape index (κ3) is 4.65. The summed E-state index contributed by atoms with van der Waals surface area (Å²) in [7, 11) is 1.11. The van der Waals surface area contributed by atoms with Crippen LogP contribution in [0.3, 0.4) is 0 Å². The van der Waals surface area contributed by atoms with Crippen LogP contribution in [0.5, 0.6) is 5.75 Å². The van der Waals surface area contributed by atoms with Gasteiger partial charge in [0.05, 0.1) is 16.4 Å². The van der Waals surface area contributed by atoms with Gasteiger partial charge in [-0.2, -0.15) is 0 Å². The summed E-state index contributed by atoms with van der Waals surface area (Å²) < 4.78 is 33.1. The predicted octanol–water partition coefficient (Wildman–Crippen LogP) is 3.82. The molecule has 0 aliphatic rings. The number of thiazole rings is 1. The van der Waals surface area contributed by atoms with Crippen molar-refractivity contribution in [2.24, 2.45) is 12.0 Å². The Hall–Kier alpha value is -2.46. The summed E-state index contributed by atoms with van der Waals surface area (Å²) in [6.45, 7) is 1.34. The van der Waals surface area contributed by atoms with Gasteiger partial charge in [-0.3, -0.25) is 4.79 Å². The number of hydrogen-bond donors (Lipinski definition) is 0. The molecular weight excluding hydrogens is 446 g/mol. The van der Waals surface area contributed by atoms with Crippen molar-refractivity contribution in [1.29, 1.82) is 0 Å². The molecule has 7 nitrogen and oxygen atoms in total. The number of rotatable bonds is 5. The molecule has 30 heavy (non-hydrogen) atoms. The Morgan fingerprint density at radius 3 is 2.43 bits per heavy atom. The molecule has 158 valence electrons. The molecule has 0 bridgehead atoms. The maximum atomic E-state index is 12.5. The van der Waals surface area contributed by atoms with E-state index in [4.69, 9.17) is 16.3 Å². The Morgan fingerprint density at radius 2 is 1.83 bits per heavy atom. The van der Waals surface area contributed by atoms with Crippen molar-refractivity contribution in [3.8, 4) is 17.0 Å². The van der Waals surface area contributed by atoms with Crippen LogP contribution in [-0.4, -0.2) is 37.4 Å². The molecule has 3 aromatic rings. The molecule has 0 radical (unpaired) electrons. The molecular formula is C20H20ClN3O4S2. The number of nitrogens with zero attached hydrogens (tertiary/aromatic N) is 3. The molecule has 0 aliphatic carbocycles. The summed E-state index contributed by atoms with van der Waals surface area (Å²) in [6.07, 6.45) is 0. The van der Waals surface area contributed by atoms with E-state index in [9.17, 15) is 13.2 Å². The van der Waals surface area contributed by atoms with Crippen LogP contribution in [0, 0.1) is 0 Å². The van der Waals surface area contributed by atoms with Crippen molar-refractivity contribution >= 4 is 44.6 Å². The first kappa shape index (κ1) is 22.2. The van der Waals surface area contributed by atoms with E-state index in [2.05, 4.69) is 4.99 Å². The van der Waals surface area contributed by atoms with E-state index in [0.29, 0.717) is 17.0 Å². The zero-order valence-electron chi connectivity index (χ0n) is 16.8. The molecule has 2 aromatic carbocycles. The minimum absolute atomic E-state index is 0.0532. The molecule has 1 aromatic heterocycles. The smallest absolute Gasteiger partial charge is 0.308 e. The predicted molar refractivity (Wildman–Crippen MR) is 118 cm³/mol. The standard InChI is InChI=1S/C20H20ClN3O4S2/c1-13(25)28-16-8-6-15(7-9-16)22-20-24(4)18(12-29-20)14-5-10-17(21)19(11-14)30(26,27)23(2)3/h5-12H,1-4H3. The number of benzene rings is 2. The molecule has 0 amide bonds. The lowest BCUT2D eigenvalue weighted by Gasteiger charge is -2.14. The Balaban J connectivity index is 2.00. The van der Waals surface area contributed by atoms with Crippen LogP contribution < -0.4 is 9.54 Å². The number of hydrogen-bond acceptors (Lipinski definition) is 6. The van der Waals surface area contributed by atoms with E-state index in [-0.39, 0.29) is 15.9 Å². The highest BCUT2D eigenvalue weighted by Crippen LogP contribution is 2.30. The van der Waals surface area contributed by atoms with Gasteiger partial charge in [0, 0.05) is 39.0 Å². The average Bonchev–Trinajstić information content (AvgIpc) is 3.03. The molecule has 0 aliphatic heterocycles. The molecule has 0 unspecified atom stereocenters. The molecule has 0 saturated carbocycles. The number of sulfonamides is 1. The first-order valence-electron chi connectivity index (χ1n) is 8.80. The minimum Gasteiger partial charge on any atom is -0.427 e. The van der Waals surface area contributed by atoms with Crippen LogP contribution in [0.4, 0.5) is 5.69 Å². The lowest BCUT2D eigenvalue weighted by molar-refractivity contribution is -0.131. The number of carbonyl (C=O) groups is 1. The maximum absolute atomic E-state index is 12.5. The Kier molecular flexibility index (Phi) is 6.47. The van der Waals surface area contributed by atoms with E-state index in [1.807, 2.05) is 17.0 Å². The number of esters is 1. The molecule has 0 atom stereocenters. The van der Waals surface area contributed by atoms with Gasteiger partial charge in [-0.25, -0.2) is 17.7 Å². The third-order valence-corrected chi connectivity index (χ3v) is 7.45. The van der Waals surface area contributed by atoms with Crippen molar-refractivity contribution in [2.45, 2.75) is 11.8 Å². The number of halogens is 1. The maximum Gasteiger partial charge on any atom is 0.308 e. The summed E-state index contributed by atoms with van der Waals surface area (Å²) in [6, 6.07) is 11.8. The fourth-order valence-electron chi connectivity index (χ4n) is 2.65. The fraction of sp³-hybridized carbons (Fsp3) is 0.200. The zero-order chi connectivity index (χ0) is 22.1. The summed E-state index contributed by atoms with van der Waals surface area (Å²) in [5.74, 6) is 0.0705. The Bertz CT molecular complexity index is 1260. The lowest BCUT2D eigenvalue weighted by Crippen LogP contribution is -2.22. The number of ether oxygens (including phenoxy) is 1. The van der Waals surface area contributed by atoms with Crippen molar-refractivity contribution in [3.63, 3.8) is 0 Å². The summed E-state index contributed by atoms with van der Waals surface area (Å²) in [4.78, 5) is 16.4. The van der Waals surface area contributed by atoms with Gasteiger partial charge in [-0.15, -0.1) is 11.3 Å². The van der Waals surface area contributed by atoms with Gasteiger partial charge < -0.3 is 9.30 Å². The third-order valence-electron chi connectivity index (χ3n) is 4.23. The number of carbonyl (C=O) groups excluding carboxylic acids is 1. The van der Waals surface area contributed by atoms with Crippen molar-refractivity contribution in [3.05, 3.63) is 57.7 Å². The van der Waals surface area contributed by atoms with E-state index in [1.165, 1.54) is 32.4 Å². The van der Waals surface area contributed by atoms with Gasteiger partial charge >= 0.3 is 5.97 Å². The normalized spacial score (nSPS) is 12.4. The second-order valence-electron chi connectivity index (χ2n) is 6.59. The van der Waals surface area contributed by atoms with Crippen LogP contribution in [-0.2, 0) is 21.9 Å². The average molecular weight is 466 g/mol. The molecule has 0 N–H and O–H groups in total. The largest absolute Gasteiger partial charge is 0.427 e. The van der Waals surface area contributed by atoms with E-state index in [0.717, 1.165) is 14.8 Å². The molecule has 10 heteroatoms. The van der Waals surface area contributed by atoms with Crippen LogP contribution in [0.15, 0.2) is 57.7 Å².